The van der Waals surface area contributed by atoms with Gasteiger partial charge in [0.05, 0.1) is 22.4 Å². The summed E-state index contributed by atoms with van der Waals surface area (Å²) < 4.78 is 2.41. The van der Waals surface area contributed by atoms with E-state index in [1.807, 2.05) is 0 Å². The zero-order chi connectivity index (χ0) is 47.3. The van der Waals surface area contributed by atoms with E-state index in [0.717, 1.165) is 45.9 Å². The molecule has 1 aromatic heterocycles. The quantitative estimate of drug-likeness (QED) is 0.140. The van der Waals surface area contributed by atoms with Crippen LogP contribution < -0.4 is 4.90 Å². The average molecular weight is 907 g/mol. The lowest BCUT2D eigenvalue weighted by molar-refractivity contribution is 0.740. The van der Waals surface area contributed by atoms with Gasteiger partial charge in [0.25, 0.3) is 0 Å². The predicted molar refractivity (Wildman–Crippen MR) is 303 cm³/mol. The highest BCUT2D eigenvalue weighted by Gasteiger charge is 2.25. The van der Waals surface area contributed by atoms with Gasteiger partial charge in [-0.2, -0.15) is 0 Å². The molecule has 0 amide bonds. The highest BCUT2D eigenvalue weighted by Crippen LogP contribution is 2.50. The van der Waals surface area contributed by atoms with E-state index in [4.69, 9.17) is 0 Å². The maximum absolute atomic E-state index is 2.52. The first-order valence-corrected chi connectivity index (χ1v) is 24.8. The molecule has 0 aliphatic heterocycles. The molecule has 0 saturated carbocycles. The Hall–Kier alpha value is -8.98. The van der Waals surface area contributed by atoms with Crippen LogP contribution in [0.15, 0.2) is 267 Å². The fourth-order valence-corrected chi connectivity index (χ4v) is 11.4. The zero-order valence-corrected chi connectivity index (χ0v) is 39.6. The van der Waals surface area contributed by atoms with Crippen LogP contribution >= 0.6 is 0 Å². The Morgan fingerprint density at radius 1 is 0.394 bits per heavy atom. The molecule has 0 saturated heterocycles. The van der Waals surface area contributed by atoms with Crippen molar-refractivity contribution >= 4 is 66.0 Å². The Kier molecular flexibility index (Phi) is 10.6. The van der Waals surface area contributed by atoms with Gasteiger partial charge in [0.1, 0.15) is 0 Å². The van der Waals surface area contributed by atoms with Gasteiger partial charge >= 0.3 is 0 Å². The number of hydrogen-bond donors (Lipinski definition) is 0. The molecule has 2 nitrogen and oxygen atoms in total. The Morgan fingerprint density at radius 2 is 0.887 bits per heavy atom. The molecule has 0 N–H and O–H groups in total. The first kappa shape index (κ1) is 42.1. The van der Waals surface area contributed by atoms with Crippen molar-refractivity contribution in [1.29, 1.82) is 0 Å². The van der Waals surface area contributed by atoms with Crippen LogP contribution in [0.4, 0.5) is 17.1 Å². The molecule has 0 spiro atoms. The van der Waals surface area contributed by atoms with Crippen LogP contribution in [0.2, 0.25) is 0 Å². The maximum atomic E-state index is 2.52. The Bertz CT molecular complexity index is 4030. The summed E-state index contributed by atoms with van der Waals surface area (Å²) in [5.41, 5.74) is 18.8. The molecule has 1 heterocycles. The van der Waals surface area contributed by atoms with Gasteiger partial charge < -0.3 is 9.47 Å². The van der Waals surface area contributed by atoms with E-state index < -0.39 is 0 Å². The van der Waals surface area contributed by atoms with Crippen LogP contribution in [0.3, 0.4) is 0 Å². The standard InChI is InChI=1S/C69H50N2/c1-47-21-14-28-51(45-47)56-37-17-25-50-27-19-40-61(68(50)56)59-34-9-12-42-64(59)71(63-41-11-8-33-58(63)60-39-18-26-49-24-16-36-55(67(49)60)48-22-4-2-5-23-48)54-32-15-29-52(46-54)57-38-20-44-66-69(57)62-35-10-13-43-65(62)70(66)53-30-6-3-7-31-53/h2-20,22-47H,21H2,1H3. The van der Waals surface area contributed by atoms with Gasteiger partial charge in [-0.15, -0.1) is 0 Å². The fourth-order valence-electron chi connectivity index (χ4n) is 11.4. The number of aromatic nitrogens is 1. The minimum Gasteiger partial charge on any atom is -0.309 e. The van der Waals surface area contributed by atoms with Crippen molar-refractivity contribution in [1.82, 2.24) is 4.57 Å². The van der Waals surface area contributed by atoms with E-state index >= 15 is 0 Å². The van der Waals surface area contributed by atoms with E-state index in [2.05, 4.69) is 283 Å². The van der Waals surface area contributed by atoms with Crippen molar-refractivity contribution in [3.8, 4) is 50.2 Å². The summed E-state index contributed by atoms with van der Waals surface area (Å²) in [6.45, 7) is 2.31. The molecule has 0 bridgehead atoms. The number of para-hydroxylation sites is 4. The van der Waals surface area contributed by atoms with E-state index in [1.54, 1.807) is 0 Å². The first-order chi connectivity index (χ1) is 35.2. The van der Waals surface area contributed by atoms with Gasteiger partial charge in [-0.3, -0.25) is 0 Å². The molecule has 336 valence electrons. The second kappa shape index (κ2) is 17.8. The zero-order valence-electron chi connectivity index (χ0n) is 39.6. The summed E-state index contributed by atoms with van der Waals surface area (Å²) in [6, 6.07) is 91.4. The van der Waals surface area contributed by atoms with Crippen LogP contribution in [-0.4, -0.2) is 4.57 Å². The highest BCUT2D eigenvalue weighted by atomic mass is 15.1. The molecule has 71 heavy (non-hydrogen) atoms. The van der Waals surface area contributed by atoms with Crippen LogP contribution in [0.1, 0.15) is 18.9 Å². The minimum absolute atomic E-state index is 0.473. The Morgan fingerprint density at radius 3 is 1.56 bits per heavy atom. The molecule has 1 atom stereocenters. The van der Waals surface area contributed by atoms with E-state index in [0.29, 0.717) is 5.92 Å². The number of anilines is 3. The minimum atomic E-state index is 0.473. The molecular weight excluding hydrogens is 857 g/mol. The lowest BCUT2D eigenvalue weighted by Gasteiger charge is -2.31. The van der Waals surface area contributed by atoms with Crippen molar-refractivity contribution in [3.63, 3.8) is 0 Å². The average Bonchev–Trinajstić information content (AvgIpc) is 3.78. The molecule has 0 radical (unpaired) electrons. The lowest BCUT2D eigenvalue weighted by atomic mass is 9.87. The summed E-state index contributed by atoms with van der Waals surface area (Å²) in [4.78, 5) is 2.52. The van der Waals surface area contributed by atoms with E-state index in [-0.39, 0.29) is 0 Å². The fraction of sp³-hybridized carbons (Fsp3) is 0.0435. The molecule has 1 aliphatic carbocycles. The lowest BCUT2D eigenvalue weighted by Crippen LogP contribution is -2.13. The number of nitrogens with zero attached hydrogens (tertiary/aromatic N) is 2. The van der Waals surface area contributed by atoms with Crippen molar-refractivity contribution in [2.75, 3.05) is 4.90 Å². The number of rotatable bonds is 9. The molecule has 1 unspecified atom stereocenters. The van der Waals surface area contributed by atoms with Crippen LogP contribution in [-0.2, 0) is 0 Å². The summed E-state index contributed by atoms with van der Waals surface area (Å²) in [5, 5.41) is 7.40. The van der Waals surface area contributed by atoms with E-state index in [9.17, 15) is 0 Å². The number of benzene rings is 11. The SMILES string of the molecule is CC1C=C(c2cccc3cccc(-c4ccccc4N(c4cccc(-c5cccc6c5c5ccccc5n6-c5ccccc5)c4)c4ccccc4-c4cccc5cccc(-c6ccccc6)c45)c23)C=CC1. The van der Waals surface area contributed by atoms with Crippen molar-refractivity contribution in [2.24, 2.45) is 5.92 Å². The van der Waals surface area contributed by atoms with Crippen LogP contribution in [0.5, 0.6) is 0 Å². The Labute approximate surface area is 415 Å². The second-order valence-electron chi connectivity index (χ2n) is 18.8. The predicted octanol–water partition coefficient (Wildman–Crippen LogP) is 19.2. The number of allylic oxidation sites excluding steroid dienone is 4. The first-order valence-electron chi connectivity index (χ1n) is 24.8. The van der Waals surface area contributed by atoms with Gasteiger partial charge in [-0.25, -0.2) is 0 Å². The maximum Gasteiger partial charge on any atom is 0.0547 e. The normalized spacial score (nSPS) is 13.5. The highest BCUT2D eigenvalue weighted by molar-refractivity contribution is 6.16. The van der Waals surface area contributed by atoms with Gasteiger partial charge in [0, 0.05) is 33.3 Å². The summed E-state index contributed by atoms with van der Waals surface area (Å²) in [7, 11) is 0. The summed E-state index contributed by atoms with van der Waals surface area (Å²) in [5.74, 6) is 0.473. The molecule has 2 heteroatoms. The molecular formula is C69H50N2. The van der Waals surface area contributed by atoms with Crippen LogP contribution in [0, 0.1) is 5.92 Å². The molecule has 11 aromatic carbocycles. The third-order valence-electron chi connectivity index (χ3n) is 14.5. The van der Waals surface area contributed by atoms with Gasteiger partial charge in [-0.1, -0.05) is 225 Å². The monoisotopic (exact) mass is 906 g/mol. The number of hydrogen-bond acceptors (Lipinski definition) is 1. The third kappa shape index (κ3) is 7.35. The van der Waals surface area contributed by atoms with E-state index in [1.165, 1.54) is 82.3 Å². The van der Waals surface area contributed by atoms with Crippen molar-refractivity contribution in [3.05, 3.63) is 273 Å². The molecule has 1 aliphatic rings. The summed E-state index contributed by atoms with van der Waals surface area (Å²) >= 11 is 0. The van der Waals surface area contributed by atoms with Crippen molar-refractivity contribution < 1.29 is 0 Å². The van der Waals surface area contributed by atoms with Gasteiger partial charge in [-0.05, 0) is 127 Å². The van der Waals surface area contributed by atoms with Crippen molar-refractivity contribution in [2.45, 2.75) is 13.3 Å². The molecule has 0 fully saturated rings. The third-order valence-corrected chi connectivity index (χ3v) is 14.5. The topological polar surface area (TPSA) is 8.17 Å². The Balaban J connectivity index is 1.08. The van der Waals surface area contributed by atoms with Gasteiger partial charge in [0.2, 0.25) is 0 Å². The largest absolute Gasteiger partial charge is 0.309 e. The number of fused-ring (bicyclic) bond motifs is 5. The summed E-state index contributed by atoms with van der Waals surface area (Å²) in [6.07, 6.45) is 8.15. The molecule has 13 rings (SSSR count). The second-order valence-corrected chi connectivity index (χ2v) is 18.8. The van der Waals surface area contributed by atoms with Crippen LogP contribution in [0.25, 0.3) is 99.1 Å². The van der Waals surface area contributed by atoms with Gasteiger partial charge in [0.15, 0.2) is 0 Å². The molecule has 12 aromatic rings. The smallest absolute Gasteiger partial charge is 0.0547 e.